The van der Waals surface area contributed by atoms with Crippen LogP contribution in [0.25, 0.3) is 0 Å². The van der Waals surface area contributed by atoms with Crippen LogP contribution in [0.15, 0.2) is 0 Å². The van der Waals surface area contributed by atoms with Gasteiger partial charge < -0.3 is 14.9 Å². The van der Waals surface area contributed by atoms with E-state index in [0.29, 0.717) is 13.1 Å². The second-order valence-corrected chi connectivity index (χ2v) is 4.52. The zero-order valence-electron chi connectivity index (χ0n) is 10.1. The van der Waals surface area contributed by atoms with E-state index in [4.69, 9.17) is 5.11 Å². The maximum Gasteiger partial charge on any atom is 0.407 e. The number of rotatable bonds is 2. The Morgan fingerprint density at radius 2 is 1.81 bits per heavy atom. The van der Waals surface area contributed by atoms with Gasteiger partial charge in [0.2, 0.25) is 5.91 Å². The zero-order valence-corrected chi connectivity index (χ0v) is 10.1. The van der Waals surface area contributed by atoms with Gasteiger partial charge in [-0.2, -0.15) is 0 Å². The third-order valence-corrected chi connectivity index (χ3v) is 3.05. The van der Waals surface area contributed by atoms with Crippen molar-refractivity contribution in [3.05, 3.63) is 0 Å². The van der Waals surface area contributed by atoms with E-state index in [2.05, 4.69) is 0 Å². The van der Waals surface area contributed by atoms with E-state index in [-0.39, 0.29) is 18.0 Å². The molecule has 1 fully saturated rings. The van der Waals surface area contributed by atoms with Crippen LogP contribution in [-0.4, -0.2) is 52.1 Å². The molecule has 0 aliphatic carbocycles. The molecular formula is C11H20N2O3. The van der Waals surface area contributed by atoms with Crippen LogP contribution in [0.5, 0.6) is 0 Å². The van der Waals surface area contributed by atoms with Crippen molar-refractivity contribution in [2.24, 2.45) is 0 Å². The van der Waals surface area contributed by atoms with Crippen molar-refractivity contribution < 1.29 is 14.7 Å². The van der Waals surface area contributed by atoms with E-state index in [1.807, 2.05) is 18.7 Å². The van der Waals surface area contributed by atoms with Gasteiger partial charge in [-0.25, -0.2) is 4.79 Å². The van der Waals surface area contributed by atoms with Crippen molar-refractivity contribution in [2.75, 3.05) is 13.1 Å². The van der Waals surface area contributed by atoms with Gasteiger partial charge in [0.15, 0.2) is 0 Å². The van der Waals surface area contributed by atoms with Crippen molar-refractivity contribution in [2.45, 2.75) is 45.7 Å². The minimum absolute atomic E-state index is 0.0729. The van der Waals surface area contributed by atoms with Crippen LogP contribution in [0.2, 0.25) is 0 Å². The summed E-state index contributed by atoms with van der Waals surface area (Å²) in [6.45, 7) is 6.60. The fourth-order valence-electron chi connectivity index (χ4n) is 2.38. The highest BCUT2D eigenvalue weighted by Gasteiger charge is 2.29. The van der Waals surface area contributed by atoms with E-state index in [9.17, 15) is 9.59 Å². The maximum atomic E-state index is 11.5. The van der Waals surface area contributed by atoms with Crippen LogP contribution in [0.1, 0.15) is 33.6 Å². The molecule has 2 amide bonds. The molecule has 0 aromatic heterocycles. The van der Waals surface area contributed by atoms with Crippen LogP contribution in [0.3, 0.4) is 0 Å². The maximum absolute atomic E-state index is 11.5. The van der Waals surface area contributed by atoms with Crippen molar-refractivity contribution in [3.63, 3.8) is 0 Å². The lowest BCUT2D eigenvalue weighted by Crippen LogP contribution is -2.50. The molecular weight excluding hydrogens is 208 g/mol. The average molecular weight is 228 g/mol. The number of carboxylic acid groups (broad SMARTS) is 1. The van der Waals surface area contributed by atoms with Crippen LogP contribution in [0, 0.1) is 0 Å². The molecule has 1 rings (SSSR count). The third-order valence-electron chi connectivity index (χ3n) is 3.05. The van der Waals surface area contributed by atoms with Crippen LogP contribution < -0.4 is 0 Å². The minimum atomic E-state index is -0.864. The summed E-state index contributed by atoms with van der Waals surface area (Å²) in [6.07, 6.45) is 0.617. The Morgan fingerprint density at radius 1 is 1.31 bits per heavy atom. The van der Waals surface area contributed by atoms with Gasteiger partial charge in [0.1, 0.15) is 0 Å². The van der Waals surface area contributed by atoms with E-state index >= 15 is 0 Å². The molecule has 0 saturated carbocycles. The summed E-state index contributed by atoms with van der Waals surface area (Å²) in [4.78, 5) is 25.5. The first-order chi connectivity index (χ1) is 7.43. The molecule has 92 valence electrons. The van der Waals surface area contributed by atoms with E-state index < -0.39 is 6.09 Å². The number of piperidine rings is 1. The smallest absolute Gasteiger partial charge is 0.407 e. The van der Waals surface area contributed by atoms with Gasteiger partial charge in [0.25, 0.3) is 0 Å². The Balaban J connectivity index is 2.57. The number of carbonyl (C=O) groups excluding carboxylic acids is 1. The Hall–Kier alpha value is -1.26. The SMILES string of the molecule is CC(=O)N(C(C)C)C1CCN(C(=O)O)CC1. The predicted octanol–water partition coefficient (Wildman–Crippen LogP) is 1.39. The summed E-state index contributed by atoms with van der Waals surface area (Å²) >= 11 is 0. The Bertz CT molecular complexity index is 270. The van der Waals surface area contributed by atoms with E-state index in [1.54, 1.807) is 6.92 Å². The number of amides is 2. The van der Waals surface area contributed by atoms with Crippen molar-refractivity contribution in [3.8, 4) is 0 Å². The molecule has 0 aromatic rings. The van der Waals surface area contributed by atoms with Gasteiger partial charge in [-0.15, -0.1) is 0 Å². The summed E-state index contributed by atoms with van der Waals surface area (Å²) in [6, 6.07) is 0.368. The molecule has 0 radical (unpaired) electrons. The van der Waals surface area contributed by atoms with Crippen LogP contribution >= 0.6 is 0 Å². The third kappa shape index (κ3) is 2.87. The Kier molecular flexibility index (Phi) is 4.15. The number of hydrogen-bond donors (Lipinski definition) is 1. The molecule has 1 saturated heterocycles. The second kappa shape index (κ2) is 5.18. The van der Waals surface area contributed by atoms with E-state index in [0.717, 1.165) is 12.8 Å². The number of nitrogens with zero attached hydrogens (tertiary/aromatic N) is 2. The normalized spacial score (nSPS) is 17.6. The molecule has 5 heteroatoms. The predicted molar refractivity (Wildman–Crippen MR) is 60.3 cm³/mol. The average Bonchev–Trinajstić information content (AvgIpc) is 2.17. The zero-order chi connectivity index (χ0) is 12.3. The van der Waals surface area contributed by atoms with Crippen LogP contribution in [0.4, 0.5) is 4.79 Å². The molecule has 1 aliphatic heterocycles. The summed E-state index contributed by atoms with van der Waals surface area (Å²) < 4.78 is 0. The molecule has 0 spiro atoms. The first kappa shape index (κ1) is 12.8. The summed E-state index contributed by atoms with van der Waals surface area (Å²) in [5, 5.41) is 8.83. The largest absolute Gasteiger partial charge is 0.465 e. The molecule has 0 bridgehead atoms. The number of hydrogen-bond acceptors (Lipinski definition) is 2. The lowest BCUT2D eigenvalue weighted by molar-refractivity contribution is -0.134. The van der Waals surface area contributed by atoms with Crippen LogP contribution in [-0.2, 0) is 4.79 Å². The molecule has 0 aromatic carbocycles. The summed E-state index contributed by atoms with van der Waals surface area (Å²) in [5.74, 6) is 0.0729. The molecule has 1 aliphatic rings. The molecule has 16 heavy (non-hydrogen) atoms. The first-order valence-corrected chi connectivity index (χ1v) is 5.70. The summed E-state index contributed by atoms with van der Waals surface area (Å²) in [7, 11) is 0. The standard InChI is InChI=1S/C11H20N2O3/c1-8(2)13(9(3)14)10-4-6-12(7-5-10)11(15)16/h8,10H,4-7H2,1-3H3,(H,15,16). The lowest BCUT2D eigenvalue weighted by atomic mass is 10.0. The number of likely N-dealkylation sites (tertiary alicyclic amines) is 1. The monoisotopic (exact) mass is 228 g/mol. The molecule has 1 heterocycles. The Labute approximate surface area is 96.0 Å². The van der Waals surface area contributed by atoms with Gasteiger partial charge in [0, 0.05) is 32.1 Å². The summed E-state index contributed by atoms with van der Waals surface area (Å²) in [5.41, 5.74) is 0. The topological polar surface area (TPSA) is 60.9 Å². The molecule has 0 unspecified atom stereocenters. The van der Waals surface area contributed by atoms with Gasteiger partial charge in [0.05, 0.1) is 0 Å². The molecule has 1 N–H and O–H groups in total. The quantitative estimate of drug-likeness (QED) is 0.776. The fourth-order valence-corrected chi connectivity index (χ4v) is 2.38. The van der Waals surface area contributed by atoms with Gasteiger partial charge >= 0.3 is 6.09 Å². The highest BCUT2D eigenvalue weighted by molar-refractivity contribution is 5.74. The van der Waals surface area contributed by atoms with E-state index in [1.165, 1.54) is 4.90 Å². The number of carbonyl (C=O) groups is 2. The molecule has 0 atom stereocenters. The second-order valence-electron chi connectivity index (χ2n) is 4.52. The highest BCUT2D eigenvalue weighted by atomic mass is 16.4. The first-order valence-electron chi connectivity index (χ1n) is 5.70. The Morgan fingerprint density at radius 3 is 2.12 bits per heavy atom. The lowest BCUT2D eigenvalue weighted by Gasteiger charge is -2.39. The van der Waals surface area contributed by atoms with Gasteiger partial charge in [-0.1, -0.05) is 0 Å². The minimum Gasteiger partial charge on any atom is -0.465 e. The van der Waals surface area contributed by atoms with Crippen molar-refractivity contribution in [1.29, 1.82) is 0 Å². The molecule has 5 nitrogen and oxygen atoms in total. The van der Waals surface area contributed by atoms with Crippen molar-refractivity contribution in [1.82, 2.24) is 9.80 Å². The van der Waals surface area contributed by atoms with Gasteiger partial charge in [-0.05, 0) is 26.7 Å². The fraction of sp³-hybridized carbons (Fsp3) is 0.818. The van der Waals surface area contributed by atoms with Crippen molar-refractivity contribution >= 4 is 12.0 Å². The highest BCUT2D eigenvalue weighted by Crippen LogP contribution is 2.19. The van der Waals surface area contributed by atoms with Gasteiger partial charge in [-0.3, -0.25) is 4.79 Å².